The molecule has 0 radical (unpaired) electrons. The van der Waals surface area contributed by atoms with Gasteiger partial charge in [-0.2, -0.15) is 0 Å². The van der Waals surface area contributed by atoms with Crippen molar-refractivity contribution in [2.75, 3.05) is 5.88 Å². The highest BCUT2D eigenvalue weighted by atomic mass is 35.5. The molecule has 0 aliphatic rings. The van der Waals surface area contributed by atoms with Crippen LogP contribution in [0.15, 0.2) is 36.4 Å². The summed E-state index contributed by atoms with van der Waals surface area (Å²) in [6, 6.07) is 8.12. The molecule has 0 unspecified atom stereocenters. The highest BCUT2D eigenvalue weighted by Gasteiger charge is 2.07. The van der Waals surface area contributed by atoms with E-state index in [1.165, 1.54) is 36.4 Å². The lowest BCUT2D eigenvalue weighted by Gasteiger charge is -2.09. The first-order chi connectivity index (χ1) is 10.1. The molecule has 0 saturated carbocycles. The molecule has 108 valence electrons. The lowest BCUT2D eigenvalue weighted by Crippen LogP contribution is -2.00. The molecule has 0 aromatic heterocycles. The third kappa shape index (κ3) is 4.35. The zero-order chi connectivity index (χ0) is 15.2. The SMILES string of the molecule is Fc1ccc(OCc2cc(Cl)ccc2F)c(C#CCCl)c1. The van der Waals surface area contributed by atoms with E-state index >= 15 is 0 Å². The molecule has 0 aliphatic heterocycles. The van der Waals surface area contributed by atoms with Gasteiger partial charge in [-0.15, -0.1) is 11.6 Å². The predicted octanol–water partition coefficient (Wildman–Crippen LogP) is 4.79. The van der Waals surface area contributed by atoms with Gasteiger partial charge in [-0.25, -0.2) is 8.78 Å². The van der Waals surface area contributed by atoms with Gasteiger partial charge in [-0.3, -0.25) is 0 Å². The number of halogens is 4. The van der Waals surface area contributed by atoms with Crippen molar-refractivity contribution in [2.24, 2.45) is 0 Å². The van der Waals surface area contributed by atoms with Crippen molar-refractivity contribution in [3.8, 4) is 17.6 Å². The largest absolute Gasteiger partial charge is 0.487 e. The Hall–Kier alpha value is -1.76. The van der Waals surface area contributed by atoms with Crippen LogP contribution in [0.2, 0.25) is 5.02 Å². The molecule has 2 aromatic carbocycles. The summed E-state index contributed by atoms with van der Waals surface area (Å²) in [5.74, 6) is 4.95. The van der Waals surface area contributed by atoms with Crippen LogP contribution in [0.3, 0.4) is 0 Å². The van der Waals surface area contributed by atoms with Crippen molar-refractivity contribution < 1.29 is 13.5 Å². The topological polar surface area (TPSA) is 9.23 Å². The number of benzene rings is 2. The number of rotatable bonds is 3. The maximum atomic E-state index is 13.6. The van der Waals surface area contributed by atoms with Gasteiger partial charge in [0, 0.05) is 10.6 Å². The van der Waals surface area contributed by atoms with Gasteiger partial charge in [0.2, 0.25) is 0 Å². The molecule has 0 fully saturated rings. The Morgan fingerprint density at radius 1 is 1.10 bits per heavy atom. The Morgan fingerprint density at radius 2 is 1.90 bits per heavy atom. The summed E-state index contributed by atoms with van der Waals surface area (Å²) in [7, 11) is 0. The second-order valence-electron chi connectivity index (χ2n) is 4.10. The molecule has 2 aromatic rings. The van der Waals surface area contributed by atoms with E-state index in [4.69, 9.17) is 27.9 Å². The van der Waals surface area contributed by atoms with E-state index in [2.05, 4.69) is 11.8 Å². The maximum Gasteiger partial charge on any atom is 0.135 e. The lowest BCUT2D eigenvalue weighted by molar-refractivity contribution is 0.298. The fourth-order valence-electron chi connectivity index (χ4n) is 1.66. The molecular weight excluding hydrogens is 317 g/mol. The molecule has 21 heavy (non-hydrogen) atoms. The molecular formula is C16H10Cl2F2O. The van der Waals surface area contributed by atoms with Crippen LogP contribution in [0.25, 0.3) is 0 Å². The normalized spacial score (nSPS) is 9.90. The first-order valence-corrected chi connectivity index (χ1v) is 6.92. The van der Waals surface area contributed by atoms with E-state index in [-0.39, 0.29) is 12.5 Å². The molecule has 0 atom stereocenters. The van der Waals surface area contributed by atoms with Crippen LogP contribution in [0.4, 0.5) is 8.78 Å². The third-order valence-corrected chi connectivity index (χ3v) is 2.99. The van der Waals surface area contributed by atoms with Gasteiger partial charge in [0.05, 0.1) is 11.4 Å². The van der Waals surface area contributed by atoms with Crippen LogP contribution in [0.5, 0.6) is 5.75 Å². The number of hydrogen-bond donors (Lipinski definition) is 0. The lowest BCUT2D eigenvalue weighted by atomic mass is 10.2. The third-order valence-electron chi connectivity index (χ3n) is 2.62. The molecule has 5 heteroatoms. The molecule has 0 N–H and O–H groups in total. The van der Waals surface area contributed by atoms with E-state index in [0.29, 0.717) is 21.9 Å². The molecule has 0 amide bonds. The molecule has 0 spiro atoms. The Labute approximate surface area is 131 Å². The van der Waals surface area contributed by atoms with Gasteiger partial charge < -0.3 is 4.74 Å². The Bertz CT molecular complexity index is 705. The average molecular weight is 327 g/mol. The van der Waals surface area contributed by atoms with E-state index < -0.39 is 11.6 Å². The minimum atomic E-state index is -0.435. The Kier molecular flexibility index (Phi) is 5.44. The van der Waals surface area contributed by atoms with Crippen LogP contribution < -0.4 is 4.74 Å². The van der Waals surface area contributed by atoms with Crippen molar-refractivity contribution in [3.05, 3.63) is 64.2 Å². The van der Waals surface area contributed by atoms with Crippen molar-refractivity contribution >= 4 is 23.2 Å². The molecule has 0 aliphatic carbocycles. The number of hydrogen-bond acceptors (Lipinski definition) is 1. The highest BCUT2D eigenvalue weighted by molar-refractivity contribution is 6.30. The van der Waals surface area contributed by atoms with E-state index in [0.717, 1.165) is 0 Å². The summed E-state index contributed by atoms with van der Waals surface area (Å²) in [4.78, 5) is 0. The fourth-order valence-corrected chi connectivity index (χ4v) is 1.93. The maximum absolute atomic E-state index is 13.6. The van der Waals surface area contributed by atoms with Crippen molar-refractivity contribution in [1.82, 2.24) is 0 Å². The Morgan fingerprint density at radius 3 is 2.67 bits per heavy atom. The van der Waals surface area contributed by atoms with Crippen LogP contribution in [0, 0.1) is 23.5 Å². The second-order valence-corrected chi connectivity index (χ2v) is 4.80. The molecule has 1 nitrogen and oxygen atoms in total. The average Bonchev–Trinajstić information content (AvgIpc) is 2.47. The monoisotopic (exact) mass is 326 g/mol. The van der Waals surface area contributed by atoms with E-state index in [9.17, 15) is 8.78 Å². The fraction of sp³-hybridized carbons (Fsp3) is 0.125. The van der Waals surface area contributed by atoms with Gasteiger partial charge in [-0.05, 0) is 36.4 Å². The van der Waals surface area contributed by atoms with Gasteiger partial charge in [0.1, 0.15) is 24.0 Å². The highest BCUT2D eigenvalue weighted by Crippen LogP contribution is 2.22. The van der Waals surface area contributed by atoms with Gasteiger partial charge >= 0.3 is 0 Å². The summed E-state index contributed by atoms with van der Waals surface area (Å²) in [6.07, 6.45) is 0. The molecule has 0 saturated heterocycles. The zero-order valence-electron chi connectivity index (χ0n) is 10.8. The number of alkyl halides is 1. The molecule has 2 rings (SSSR count). The summed E-state index contributed by atoms with van der Waals surface area (Å²) in [5.41, 5.74) is 0.668. The first kappa shape index (κ1) is 15.6. The van der Waals surface area contributed by atoms with Crippen LogP contribution in [-0.2, 0) is 6.61 Å². The van der Waals surface area contributed by atoms with Gasteiger partial charge in [0.15, 0.2) is 0 Å². The zero-order valence-corrected chi connectivity index (χ0v) is 12.3. The van der Waals surface area contributed by atoms with E-state index in [1.54, 1.807) is 0 Å². The van der Waals surface area contributed by atoms with Gasteiger partial charge in [-0.1, -0.05) is 23.4 Å². The minimum absolute atomic E-state index is 0.0341. The smallest absolute Gasteiger partial charge is 0.135 e. The summed E-state index contributed by atoms with van der Waals surface area (Å²) in [6.45, 7) is -0.0341. The Balaban J connectivity index is 2.21. The van der Waals surface area contributed by atoms with Crippen LogP contribution in [0.1, 0.15) is 11.1 Å². The predicted molar refractivity (Wildman–Crippen MR) is 79.7 cm³/mol. The summed E-state index contributed by atoms with van der Waals surface area (Å²) in [5, 5.41) is 0.413. The molecule has 0 heterocycles. The standard InChI is InChI=1S/C16H10Cl2F2O/c17-7-1-2-11-9-14(19)4-6-16(11)21-10-12-8-13(18)3-5-15(12)20/h3-6,8-9H,7,10H2. The van der Waals surface area contributed by atoms with Crippen molar-refractivity contribution in [3.63, 3.8) is 0 Å². The summed E-state index contributed by atoms with van der Waals surface area (Å²) >= 11 is 11.3. The van der Waals surface area contributed by atoms with Crippen molar-refractivity contribution in [1.29, 1.82) is 0 Å². The quantitative estimate of drug-likeness (QED) is 0.582. The summed E-state index contributed by atoms with van der Waals surface area (Å²) < 4.78 is 32.3. The minimum Gasteiger partial charge on any atom is -0.487 e. The first-order valence-electron chi connectivity index (χ1n) is 6.01. The van der Waals surface area contributed by atoms with Gasteiger partial charge in [0.25, 0.3) is 0 Å². The van der Waals surface area contributed by atoms with Crippen LogP contribution in [-0.4, -0.2) is 5.88 Å². The second kappa shape index (κ2) is 7.31. The van der Waals surface area contributed by atoms with Crippen molar-refractivity contribution in [2.45, 2.75) is 6.61 Å². The molecule has 0 bridgehead atoms. The van der Waals surface area contributed by atoms with E-state index in [1.807, 2.05) is 0 Å². The van der Waals surface area contributed by atoms with Crippen LogP contribution >= 0.6 is 23.2 Å². The number of ether oxygens (including phenoxy) is 1.